The molecule has 30 valence electrons. The first-order valence-electron chi connectivity index (χ1n) is 0.651. The first-order chi connectivity index (χ1) is 1.73. The van der Waals surface area contributed by atoms with Crippen molar-refractivity contribution in [1.29, 1.82) is 0 Å². The molecule has 0 radical (unpaired) electrons. The van der Waals surface area contributed by atoms with Crippen LogP contribution in [0.15, 0.2) is 0 Å². The van der Waals surface area contributed by atoms with Crippen molar-refractivity contribution in [2.45, 2.75) is 0 Å². The predicted octanol–water partition coefficient (Wildman–Crippen LogP) is -1.77. The van der Waals surface area contributed by atoms with Crippen molar-refractivity contribution in [3.05, 3.63) is 0 Å². The molecule has 0 spiro atoms. The Morgan fingerprint density at radius 3 is 1.50 bits per heavy atom. The molecule has 2 N–H and O–H groups in total. The second kappa shape index (κ2) is 9.87. The third kappa shape index (κ3) is 43.1. The van der Waals surface area contributed by atoms with Gasteiger partial charge in [-0.2, -0.15) is 0 Å². The fraction of sp³-hybridized carbons (Fsp3) is 0. The maximum Gasteiger partial charge on any atom is 2.00 e. The molecule has 0 aliphatic carbocycles. The van der Waals surface area contributed by atoms with E-state index in [1.165, 1.54) is 0 Å². The van der Waals surface area contributed by atoms with E-state index in [4.69, 9.17) is 14.1 Å². The summed E-state index contributed by atoms with van der Waals surface area (Å²) in [6.45, 7) is 0. The van der Waals surface area contributed by atoms with Gasteiger partial charge in [0.2, 0.25) is 0 Å². The molecule has 6 heavy (non-hydrogen) atoms. The molecule has 0 saturated carbocycles. The van der Waals surface area contributed by atoms with Gasteiger partial charge in [-0.25, -0.2) is 0 Å². The molecule has 0 aliphatic rings. The minimum Gasteiger partial charge on any atom is -1.00 e. The molecule has 3 nitrogen and oxygen atoms in total. The summed E-state index contributed by atoms with van der Waals surface area (Å²) in [6.07, 6.45) is 0. The molecule has 0 aliphatic heterocycles. The standard InChI is InChI=1S/H2O3Si.Sr.Zn.2H/c1-4(2)3;;;;/h1-2H;;;;/q;+2;;2*-1. The average molecular weight is 233 g/mol. The van der Waals surface area contributed by atoms with Crippen LogP contribution < -0.4 is 0 Å². The molecular formula is H4O3SiSrZn. The van der Waals surface area contributed by atoms with Crippen LogP contribution >= 0.6 is 0 Å². The summed E-state index contributed by atoms with van der Waals surface area (Å²) in [5.74, 6) is 0. The van der Waals surface area contributed by atoms with Crippen LogP contribution in [-0.4, -0.2) is 64.2 Å². The first kappa shape index (κ1) is 15.6. The van der Waals surface area contributed by atoms with E-state index in [1.54, 1.807) is 0 Å². The van der Waals surface area contributed by atoms with E-state index >= 15 is 0 Å². The second-order valence-corrected chi connectivity index (χ2v) is 0.848. The fourth-order valence-electron chi connectivity index (χ4n) is 0. The third-order valence-corrected chi connectivity index (χ3v) is 0. The van der Waals surface area contributed by atoms with Gasteiger partial charge in [0.05, 0.1) is 0 Å². The van der Waals surface area contributed by atoms with E-state index < -0.39 is 9.17 Å². The summed E-state index contributed by atoms with van der Waals surface area (Å²) in [5, 5.41) is 0. The minimum atomic E-state index is -3.13. The minimum absolute atomic E-state index is 0. The Bertz CT molecular complexity index is 40.3. The predicted molar refractivity (Wildman–Crippen MR) is 18.9 cm³/mol. The largest absolute Gasteiger partial charge is 2.00 e. The van der Waals surface area contributed by atoms with Gasteiger partial charge in [-0.05, 0) is 0 Å². The topological polar surface area (TPSA) is 57.5 Å². The van der Waals surface area contributed by atoms with Gasteiger partial charge in [0.15, 0.2) is 0 Å². The van der Waals surface area contributed by atoms with Crippen LogP contribution in [0.3, 0.4) is 0 Å². The Labute approximate surface area is 89.7 Å². The van der Waals surface area contributed by atoms with Gasteiger partial charge in [-0.3, -0.25) is 4.46 Å². The van der Waals surface area contributed by atoms with Crippen molar-refractivity contribution in [3.8, 4) is 0 Å². The van der Waals surface area contributed by atoms with Gasteiger partial charge in [-0.1, -0.05) is 0 Å². The number of rotatable bonds is 0. The van der Waals surface area contributed by atoms with Gasteiger partial charge in [0, 0.05) is 19.5 Å². The smallest absolute Gasteiger partial charge is 1.00 e. The molecule has 0 fully saturated rings. The van der Waals surface area contributed by atoms with Crippen molar-refractivity contribution >= 4 is 54.7 Å². The monoisotopic (exact) mass is 232 g/mol. The molecule has 0 aromatic carbocycles. The quantitative estimate of drug-likeness (QED) is 0.487. The van der Waals surface area contributed by atoms with Crippen LogP contribution in [-0.2, 0) is 23.9 Å². The summed E-state index contributed by atoms with van der Waals surface area (Å²) < 4.78 is 8.74. The first-order valence-corrected chi connectivity index (χ1v) is 1.95. The Morgan fingerprint density at radius 2 is 1.50 bits per heavy atom. The Balaban J connectivity index is -0.00000000750. The van der Waals surface area contributed by atoms with Crippen LogP contribution in [0.25, 0.3) is 0 Å². The van der Waals surface area contributed by atoms with E-state index in [2.05, 4.69) is 0 Å². The summed E-state index contributed by atoms with van der Waals surface area (Å²) >= 11 is 0. The van der Waals surface area contributed by atoms with Gasteiger partial charge >= 0.3 is 54.7 Å². The van der Waals surface area contributed by atoms with Gasteiger partial charge in [0.25, 0.3) is 0 Å². The summed E-state index contributed by atoms with van der Waals surface area (Å²) in [4.78, 5) is 14.3. The number of hydrogen-bond donors (Lipinski definition) is 2. The van der Waals surface area contributed by atoms with Crippen LogP contribution in [0.5, 0.6) is 0 Å². The molecule has 0 heterocycles. The van der Waals surface area contributed by atoms with Crippen LogP contribution in [0, 0.1) is 0 Å². The zero-order chi connectivity index (χ0) is 3.58. The van der Waals surface area contributed by atoms with Crippen molar-refractivity contribution in [1.82, 2.24) is 0 Å². The Morgan fingerprint density at radius 1 is 1.50 bits per heavy atom. The fourth-order valence-corrected chi connectivity index (χ4v) is 0. The van der Waals surface area contributed by atoms with Crippen molar-refractivity contribution in [2.24, 2.45) is 0 Å². The number of hydrogen-bond acceptors (Lipinski definition) is 1. The molecule has 0 atom stereocenters. The van der Waals surface area contributed by atoms with Gasteiger partial charge in [-0.15, -0.1) is 0 Å². The van der Waals surface area contributed by atoms with Gasteiger partial charge in [0.1, 0.15) is 0 Å². The van der Waals surface area contributed by atoms with Crippen molar-refractivity contribution in [2.75, 3.05) is 0 Å². The van der Waals surface area contributed by atoms with Crippen molar-refractivity contribution in [3.63, 3.8) is 0 Å². The molecular weight excluding hydrogens is 229 g/mol. The zero-order valence-electron chi connectivity index (χ0n) is 5.22. The summed E-state index contributed by atoms with van der Waals surface area (Å²) in [6, 6.07) is 0. The van der Waals surface area contributed by atoms with E-state index in [9.17, 15) is 0 Å². The molecule has 0 aromatic rings. The normalized spacial score (nSPS) is 4.00. The van der Waals surface area contributed by atoms with Crippen LogP contribution in [0.4, 0.5) is 0 Å². The molecule has 0 saturated heterocycles. The van der Waals surface area contributed by atoms with Crippen LogP contribution in [0.2, 0.25) is 0 Å². The summed E-state index contributed by atoms with van der Waals surface area (Å²) in [5.41, 5.74) is 0. The van der Waals surface area contributed by atoms with Crippen LogP contribution in [0.1, 0.15) is 2.85 Å². The maximum atomic E-state index is 8.74. The SMILES string of the molecule is O=[Si](O)O.[H-].[H-].[Sr+2].[Zn]. The zero-order valence-corrected chi connectivity index (χ0v) is 10.7. The maximum absolute atomic E-state index is 8.74. The molecule has 0 bridgehead atoms. The Kier molecular flexibility index (Phi) is 25.7. The average Bonchev–Trinajstić information content (AvgIpc) is 0.811. The Hall–Kier alpha value is 1.72. The molecule has 6 heteroatoms. The summed E-state index contributed by atoms with van der Waals surface area (Å²) in [7, 11) is -3.13. The van der Waals surface area contributed by atoms with Gasteiger partial charge < -0.3 is 12.4 Å². The molecule has 0 amide bonds. The van der Waals surface area contributed by atoms with E-state index in [0.29, 0.717) is 0 Å². The van der Waals surface area contributed by atoms with E-state index in [-0.39, 0.29) is 67.8 Å². The van der Waals surface area contributed by atoms with E-state index in [0.717, 1.165) is 0 Å². The molecule has 0 rings (SSSR count). The molecule has 0 aromatic heterocycles. The van der Waals surface area contributed by atoms with Crippen molar-refractivity contribution < 1.29 is 36.4 Å². The second-order valence-electron chi connectivity index (χ2n) is 0.283. The third-order valence-electron chi connectivity index (χ3n) is 0. The van der Waals surface area contributed by atoms with E-state index in [1.807, 2.05) is 0 Å². The molecule has 0 unspecified atom stereocenters.